The molecule has 0 radical (unpaired) electrons. The quantitative estimate of drug-likeness (QED) is 0.460. The first-order valence-electron chi connectivity index (χ1n) is 11.7. The van der Waals surface area contributed by atoms with Gasteiger partial charge in [-0.2, -0.15) is 0 Å². The molecule has 7 heteroatoms. The van der Waals surface area contributed by atoms with Crippen molar-refractivity contribution >= 4 is 16.9 Å². The molecule has 4 heterocycles. The maximum Gasteiger partial charge on any atom is 0.343 e. The maximum atomic E-state index is 13.5. The van der Waals surface area contributed by atoms with Crippen molar-refractivity contribution in [1.82, 2.24) is 9.55 Å². The summed E-state index contributed by atoms with van der Waals surface area (Å²) in [5.74, 6) is -0.712. The Hall–Kier alpha value is -3.03. The molecule has 0 spiro atoms. The molecule has 0 saturated carbocycles. The number of rotatable bonds is 2. The average molecular weight is 446 g/mol. The van der Waals surface area contributed by atoms with Crippen LogP contribution < -0.4 is 11.3 Å². The Morgan fingerprint density at radius 2 is 2.03 bits per heavy atom. The highest BCUT2D eigenvalue weighted by Crippen LogP contribution is 2.45. The molecule has 3 aromatic rings. The Kier molecular flexibility index (Phi) is 4.20. The molecular formula is C26H27N3O4. The van der Waals surface area contributed by atoms with Crippen LogP contribution in [0.3, 0.4) is 0 Å². The summed E-state index contributed by atoms with van der Waals surface area (Å²) in [6.07, 6.45) is 2.82. The first-order valence-corrected chi connectivity index (χ1v) is 11.7. The molecule has 0 fully saturated rings. The van der Waals surface area contributed by atoms with Crippen molar-refractivity contribution in [2.45, 2.75) is 71.2 Å². The first kappa shape index (κ1) is 20.6. The van der Waals surface area contributed by atoms with Crippen molar-refractivity contribution in [2.24, 2.45) is 5.73 Å². The SMILES string of the molecule is CCc1cc2nc3c(c4c2c(c1C)CCC4N)Cn1c-3cc2c(c1=O)COC(=O)C2(O)CC. The average Bonchev–Trinajstić information content (AvgIpc) is 3.18. The lowest BCUT2D eigenvalue weighted by Crippen LogP contribution is -2.44. The predicted molar refractivity (Wildman–Crippen MR) is 124 cm³/mol. The number of benzene rings is 1. The number of carbonyl (C=O) groups is 1. The number of aryl methyl sites for hydroxylation is 2. The Morgan fingerprint density at radius 1 is 1.24 bits per heavy atom. The van der Waals surface area contributed by atoms with Crippen LogP contribution >= 0.6 is 0 Å². The van der Waals surface area contributed by atoms with Crippen LogP contribution in [0.15, 0.2) is 16.9 Å². The molecule has 1 aromatic carbocycles. The second kappa shape index (κ2) is 6.74. The van der Waals surface area contributed by atoms with E-state index in [1.807, 2.05) is 0 Å². The summed E-state index contributed by atoms with van der Waals surface area (Å²) in [5.41, 5.74) is 13.5. The normalized spacial score (nSPS) is 22.7. The van der Waals surface area contributed by atoms with Gasteiger partial charge in [0.1, 0.15) is 6.61 Å². The number of fused-ring (bicyclic) bond motifs is 5. The van der Waals surface area contributed by atoms with Gasteiger partial charge in [0.05, 0.1) is 29.0 Å². The van der Waals surface area contributed by atoms with Crippen LogP contribution in [0.4, 0.5) is 0 Å². The molecule has 0 amide bonds. The molecule has 3 aliphatic rings. The van der Waals surface area contributed by atoms with Crippen LogP contribution in [0, 0.1) is 6.92 Å². The van der Waals surface area contributed by atoms with Gasteiger partial charge >= 0.3 is 5.97 Å². The number of nitrogens with two attached hydrogens (primary N) is 1. The number of hydrogen-bond acceptors (Lipinski definition) is 6. The largest absolute Gasteiger partial charge is 0.458 e. The van der Waals surface area contributed by atoms with Crippen LogP contribution in [0.5, 0.6) is 0 Å². The lowest BCUT2D eigenvalue weighted by atomic mass is 9.80. The van der Waals surface area contributed by atoms with Gasteiger partial charge < -0.3 is 20.1 Å². The zero-order valence-corrected chi connectivity index (χ0v) is 19.1. The van der Waals surface area contributed by atoms with Gasteiger partial charge in [-0.05, 0) is 67.0 Å². The highest BCUT2D eigenvalue weighted by Gasteiger charge is 2.45. The van der Waals surface area contributed by atoms with E-state index < -0.39 is 11.6 Å². The Morgan fingerprint density at radius 3 is 2.76 bits per heavy atom. The zero-order valence-electron chi connectivity index (χ0n) is 19.1. The lowest BCUT2D eigenvalue weighted by molar-refractivity contribution is -0.172. The number of esters is 1. The molecule has 2 aromatic heterocycles. The second-order valence-electron chi connectivity index (χ2n) is 9.49. The van der Waals surface area contributed by atoms with E-state index >= 15 is 0 Å². The summed E-state index contributed by atoms with van der Waals surface area (Å²) in [7, 11) is 0. The predicted octanol–water partition coefficient (Wildman–Crippen LogP) is 2.90. The molecule has 33 heavy (non-hydrogen) atoms. The number of ether oxygens (including phenoxy) is 1. The van der Waals surface area contributed by atoms with Gasteiger partial charge in [0.25, 0.3) is 5.56 Å². The number of pyridine rings is 2. The smallest absolute Gasteiger partial charge is 0.343 e. The lowest BCUT2D eigenvalue weighted by Gasteiger charge is -2.31. The standard InChI is InChI=1S/C26H27N3O4/c1-4-13-8-19-22-14(12(13)3)6-7-18(27)21(22)15-10-29-20(23(15)28-19)9-17-16(24(29)30)11-33-25(31)26(17,32)5-2/h8-9,18,32H,4-7,10-11,27H2,1-3H3. The minimum absolute atomic E-state index is 0.123. The molecule has 1 aliphatic carbocycles. The number of nitrogens with zero attached hydrogens (tertiary/aromatic N) is 2. The molecule has 7 nitrogen and oxygen atoms in total. The summed E-state index contributed by atoms with van der Waals surface area (Å²) in [6.45, 7) is 6.29. The Bertz CT molecular complexity index is 1450. The third kappa shape index (κ3) is 2.49. The van der Waals surface area contributed by atoms with E-state index in [0.717, 1.165) is 47.0 Å². The fourth-order valence-electron chi connectivity index (χ4n) is 6.05. The first-order chi connectivity index (χ1) is 15.8. The van der Waals surface area contributed by atoms with Crippen LogP contribution in [-0.2, 0) is 41.1 Å². The van der Waals surface area contributed by atoms with Gasteiger partial charge in [0, 0.05) is 22.6 Å². The summed E-state index contributed by atoms with van der Waals surface area (Å²) >= 11 is 0. The van der Waals surface area contributed by atoms with Crippen LogP contribution in [0.1, 0.15) is 71.7 Å². The molecule has 2 unspecified atom stereocenters. The van der Waals surface area contributed by atoms with E-state index in [1.54, 1.807) is 17.6 Å². The molecule has 6 rings (SSSR count). The van der Waals surface area contributed by atoms with Crippen molar-refractivity contribution in [2.75, 3.05) is 0 Å². The second-order valence-corrected chi connectivity index (χ2v) is 9.49. The highest BCUT2D eigenvalue weighted by atomic mass is 16.6. The molecule has 170 valence electrons. The van der Waals surface area contributed by atoms with Crippen LogP contribution in [0.25, 0.3) is 22.3 Å². The van der Waals surface area contributed by atoms with Gasteiger partial charge in [-0.1, -0.05) is 13.8 Å². The third-order valence-electron chi connectivity index (χ3n) is 7.97. The molecule has 0 saturated heterocycles. The Labute approximate surface area is 191 Å². The van der Waals surface area contributed by atoms with Gasteiger partial charge in [-0.25, -0.2) is 9.78 Å². The summed E-state index contributed by atoms with van der Waals surface area (Å²) in [4.78, 5) is 31.0. The topological polar surface area (TPSA) is 107 Å². The highest BCUT2D eigenvalue weighted by molar-refractivity contribution is 5.93. The number of aromatic nitrogens is 2. The van der Waals surface area contributed by atoms with Crippen LogP contribution in [0.2, 0.25) is 0 Å². The summed E-state index contributed by atoms with van der Waals surface area (Å²) < 4.78 is 6.87. The third-order valence-corrected chi connectivity index (χ3v) is 7.97. The zero-order chi connectivity index (χ0) is 23.2. The summed E-state index contributed by atoms with van der Waals surface area (Å²) in [5, 5.41) is 12.2. The van der Waals surface area contributed by atoms with Gasteiger partial charge in [0.2, 0.25) is 0 Å². The number of hydrogen-bond donors (Lipinski definition) is 2. The van der Waals surface area contributed by atoms with E-state index in [0.29, 0.717) is 23.4 Å². The fourth-order valence-corrected chi connectivity index (χ4v) is 6.05. The van der Waals surface area contributed by atoms with Gasteiger partial charge in [0.15, 0.2) is 5.60 Å². The van der Waals surface area contributed by atoms with Gasteiger partial charge in [-0.15, -0.1) is 0 Å². The van der Waals surface area contributed by atoms with Crippen molar-refractivity contribution in [3.05, 3.63) is 61.4 Å². The number of aliphatic hydroxyl groups is 1. The van der Waals surface area contributed by atoms with Crippen molar-refractivity contribution in [1.29, 1.82) is 0 Å². The van der Waals surface area contributed by atoms with Crippen molar-refractivity contribution in [3.63, 3.8) is 0 Å². The van der Waals surface area contributed by atoms with E-state index in [9.17, 15) is 14.7 Å². The molecule has 0 bridgehead atoms. The minimum Gasteiger partial charge on any atom is -0.458 e. The number of cyclic esters (lactones) is 1. The minimum atomic E-state index is -1.83. The van der Waals surface area contributed by atoms with Crippen molar-refractivity contribution in [3.8, 4) is 11.4 Å². The summed E-state index contributed by atoms with van der Waals surface area (Å²) in [6, 6.07) is 3.79. The monoisotopic (exact) mass is 445 g/mol. The van der Waals surface area contributed by atoms with Gasteiger partial charge in [-0.3, -0.25) is 4.79 Å². The maximum absolute atomic E-state index is 13.5. The van der Waals surface area contributed by atoms with Crippen molar-refractivity contribution < 1.29 is 14.6 Å². The molecule has 2 aliphatic heterocycles. The Balaban J connectivity index is 1.70. The molecule has 3 N–H and O–H groups in total. The van der Waals surface area contributed by atoms with E-state index in [4.69, 9.17) is 15.5 Å². The molecular weight excluding hydrogens is 418 g/mol. The fraction of sp³-hybridized carbons (Fsp3) is 0.423. The van der Waals surface area contributed by atoms with E-state index in [2.05, 4.69) is 19.9 Å². The van der Waals surface area contributed by atoms with Crippen LogP contribution in [-0.4, -0.2) is 20.6 Å². The molecule has 2 atom stereocenters. The van der Waals surface area contributed by atoms with E-state index in [-0.39, 0.29) is 24.6 Å². The number of carbonyl (C=O) groups excluding carboxylic acids is 1. The van der Waals surface area contributed by atoms with E-state index in [1.165, 1.54) is 16.7 Å².